The van der Waals surface area contributed by atoms with Crippen molar-refractivity contribution in [3.8, 4) is 22.8 Å². The molecule has 0 saturated carbocycles. The molecule has 1 aliphatic heterocycles. The van der Waals surface area contributed by atoms with Gasteiger partial charge in [0.05, 0.1) is 13.0 Å². The number of nitrogens with zero attached hydrogens (tertiary/aromatic N) is 1. The standard InChI is InChI=1S/C22H20ClNO4/c1-24(14-18-7-9-19(28-18)16-3-5-17(23)6-4-16)22(25)13-15-2-8-20-21(12-15)27-11-10-26-20/h2-9,12H,10-11,13-14H2,1H3. The summed E-state index contributed by atoms with van der Waals surface area (Å²) in [7, 11) is 1.77. The lowest BCUT2D eigenvalue weighted by atomic mass is 10.1. The molecular formula is C22H20ClNO4. The molecule has 2 aromatic carbocycles. The van der Waals surface area contributed by atoms with E-state index in [1.807, 2.05) is 54.6 Å². The average molecular weight is 398 g/mol. The Morgan fingerprint density at radius 3 is 2.54 bits per heavy atom. The minimum atomic E-state index is 0.00104. The van der Waals surface area contributed by atoms with Crippen LogP contribution in [0.3, 0.4) is 0 Å². The van der Waals surface area contributed by atoms with Crippen LogP contribution < -0.4 is 9.47 Å². The van der Waals surface area contributed by atoms with Gasteiger partial charge in [-0.25, -0.2) is 0 Å². The highest BCUT2D eigenvalue weighted by atomic mass is 35.5. The van der Waals surface area contributed by atoms with Crippen LogP contribution >= 0.6 is 11.6 Å². The highest BCUT2D eigenvalue weighted by molar-refractivity contribution is 6.30. The minimum Gasteiger partial charge on any atom is -0.486 e. The number of hydrogen-bond acceptors (Lipinski definition) is 4. The van der Waals surface area contributed by atoms with E-state index in [1.54, 1.807) is 11.9 Å². The summed E-state index contributed by atoms with van der Waals surface area (Å²) in [5, 5.41) is 0.681. The van der Waals surface area contributed by atoms with Gasteiger partial charge in [0.25, 0.3) is 0 Å². The van der Waals surface area contributed by atoms with Gasteiger partial charge >= 0.3 is 0 Å². The number of amides is 1. The van der Waals surface area contributed by atoms with Gasteiger partial charge in [-0.2, -0.15) is 0 Å². The Labute approximate surface area is 168 Å². The second kappa shape index (κ2) is 7.98. The summed E-state index contributed by atoms with van der Waals surface area (Å²) in [5.74, 6) is 2.89. The number of furan rings is 1. The summed E-state index contributed by atoms with van der Waals surface area (Å²) < 4.78 is 17.0. The van der Waals surface area contributed by atoms with Crippen LogP contribution in [0.1, 0.15) is 11.3 Å². The first kappa shape index (κ1) is 18.4. The number of ether oxygens (including phenoxy) is 2. The number of benzene rings is 2. The molecule has 0 spiro atoms. The lowest BCUT2D eigenvalue weighted by Gasteiger charge is -2.20. The number of fused-ring (bicyclic) bond motifs is 1. The molecule has 0 atom stereocenters. The Morgan fingerprint density at radius 2 is 1.75 bits per heavy atom. The number of rotatable bonds is 5. The van der Waals surface area contributed by atoms with E-state index in [0.29, 0.717) is 30.5 Å². The number of hydrogen-bond donors (Lipinski definition) is 0. The van der Waals surface area contributed by atoms with Crippen molar-refractivity contribution in [3.05, 3.63) is 70.9 Å². The van der Waals surface area contributed by atoms with Crippen LogP contribution in [0, 0.1) is 0 Å². The highest BCUT2D eigenvalue weighted by Crippen LogP contribution is 2.31. The van der Waals surface area contributed by atoms with Crippen molar-refractivity contribution in [2.45, 2.75) is 13.0 Å². The van der Waals surface area contributed by atoms with Gasteiger partial charge in [0.1, 0.15) is 24.7 Å². The third-order valence-electron chi connectivity index (χ3n) is 4.57. The van der Waals surface area contributed by atoms with Gasteiger partial charge in [0.15, 0.2) is 11.5 Å². The van der Waals surface area contributed by atoms with E-state index in [9.17, 15) is 4.79 Å². The fraction of sp³-hybridized carbons (Fsp3) is 0.227. The first-order valence-electron chi connectivity index (χ1n) is 9.05. The molecule has 0 radical (unpaired) electrons. The van der Waals surface area contributed by atoms with Gasteiger partial charge in [-0.15, -0.1) is 0 Å². The number of halogens is 1. The fourth-order valence-electron chi connectivity index (χ4n) is 3.06. The van der Waals surface area contributed by atoms with Crippen LogP contribution in [-0.4, -0.2) is 31.1 Å². The van der Waals surface area contributed by atoms with Crippen LogP contribution in [0.4, 0.5) is 0 Å². The van der Waals surface area contributed by atoms with Crippen molar-refractivity contribution < 1.29 is 18.7 Å². The van der Waals surface area contributed by atoms with E-state index in [4.69, 9.17) is 25.5 Å². The van der Waals surface area contributed by atoms with Crippen molar-refractivity contribution in [1.82, 2.24) is 4.90 Å². The maximum atomic E-state index is 12.6. The second-order valence-corrected chi connectivity index (χ2v) is 7.11. The minimum absolute atomic E-state index is 0.00104. The van der Waals surface area contributed by atoms with E-state index < -0.39 is 0 Å². The quantitative estimate of drug-likeness (QED) is 0.632. The summed E-state index contributed by atoms with van der Waals surface area (Å²) in [6.45, 7) is 1.48. The Morgan fingerprint density at radius 1 is 1.00 bits per heavy atom. The first-order chi connectivity index (χ1) is 13.6. The van der Waals surface area contributed by atoms with Gasteiger partial charge in [0, 0.05) is 17.6 Å². The van der Waals surface area contributed by atoms with Crippen molar-refractivity contribution in [1.29, 1.82) is 0 Å². The predicted molar refractivity (Wildman–Crippen MR) is 107 cm³/mol. The van der Waals surface area contributed by atoms with Gasteiger partial charge < -0.3 is 18.8 Å². The van der Waals surface area contributed by atoms with E-state index in [-0.39, 0.29) is 12.3 Å². The van der Waals surface area contributed by atoms with Crippen molar-refractivity contribution in [3.63, 3.8) is 0 Å². The van der Waals surface area contributed by atoms with E-state index >= 15 is 0 Å². The molecule has 0 N–H and O–H groups in total. The number of carbonyl (C=O) groups is 1. The maximum Gasteiger partial charge on any atom is 0.227 e. The zero-order chi connectivity index (χ0) is 19.5. The Bertz CT molecular complexity index is 980. The molecule has 0 saturated heterocycles. The number of carbonyl (C=O) groups excluding carboxylic acids is 1. The van der Waals surface area contributed by atoms with Crippen LogP contribution in [0.5, 0.6) is 11.5 Å². The molecule has 28 heavy (non-hydrogen) atoms. The molecule has 1 aliphatic rings. The SMILES string of the molecule is CN(Cc1ccc(-c2ccc(Cl)cc2)o1)C(=O)Cc1ccc2c(c1)OCCO2. The van der Waals surface area contributed by atoms with Crippen LogP contribution in [0.25, 0.3) is 11.3 Å². The van der Waals surface area contributed by atoms with E-state index in [2.05, 4.69) is 0 Å². The Hall–Kier alpha value is -2.92. The van der Waals surface area contributed by atoms with Crippen molar-refractivity contribution in [2.24, 2.45) is 0 Å². The second-order valence-electron chi connectivity index (χ2n) is 6.68. The summed E-state index contributed by atoms with van der Waals surface area (Å²) in [6.07, 6.45) is 0.290. The molecular weight excluding hydrogens is 378 g/mol. The Kier molecular flexibility index (Phi) is 5.26. The average Bonchev–Trinajstić information content (AvgIpc) is 3.17. The molecule has 1 aromatic heterocycles. The molecule has 0 aliphatic carbocycles. The smallest absolute Gasteiger partial charge is 0.227 e. The molecule has 0 fully saturated rings. The van der Waals surface area contributed by atoms with E-state index in [0.717, 1.165) is 28.4 Å². The zero-order valence-electron chi connectivity index (χ0n) is 15.5. The predicted octanol–water partition coefficient (Wildman–Crippen LogP) is 4.57. The third kappa shape index (κ3) is 4.15. The van der Waals surface area contributed by atoms with E-state index in [1.165, 1.54) is 0 Å². The van der Waals surface area contributed by atoms with Gasteiger partial charge in [-0.3, -0.25) is 4.79 Å². The monoisotopic (exact) mass is 397 g/mol. The topological polar surface area (TPSA) is 51.9 Å². The molecule has 0 bridgehead atoms. The number of likely N-dealkylation sites (N-methyl/N-ethyl adjacent to an activating group) is 1. The summed E-state index contributed by atoms with van der Waals surface area (Å²) in [5.41, 5.74) is 1.84. The van der Waals surface area contributed by atoms with Crippen molar-refractivity contribution in [2.75, 3.05) is 20.3 Å². The summed E-state index contributed by atoms with van der Waals surface area (Å²) in [6, 6.07) is 16.8. The molecule has 6 heteroatoms. The normalized spacial score (nSPS) is 12.6. The maximum absolute atomic E-state index is 12.6. The molecule has 3 aromatic rings. The van der Waals surface area contributed by atoms with Crippen LogP contribution in [0.2, 0.25) is 5.02 Å². The lowest BCUT2D eigenvalue weighted by Crippen LogP contribution is -2.27. The lowest BCUT2D eigenvalue weighted by molar-refractivity contribution is -0.129. The summed E-state index contributed by atoms with van der Waals surface area (Å²) in [4.78, 5) is 14.3. The largest absolute Gasteiger partial charge is 0.486 e. The molecule has 1 amide bonds. The van der Waals surface area contributed by atoms with Gasteiger partial charge in [-0.05, 0) is 54.1 Å². The van der Waals surface area contributed by atoms with Gasteiger partial charge in [0.2, 0.25) is 5.91 Å². The van der Waals surface area contributed by atoms with Crippen LogP contribution in [0.15, 0.2) is 59.0 Å². The van der Waals surface area contributed by atoms with Crippen LogP contribution in [-0.2, 0) is 17.8 Å². The molecule has 5 nitrogen and oxygen atoms in total. The third-order valence-corrected chi connectivity index (χ3v) is 4.82. The van der Waals surface area contributed by atoms with Crippen molar-refractivity contribution >= 4 is 17.5 Å². The first-order valence-corrected chi connectivity index (χ1v) is 9.43. The highest BCUT2D eigenvalue weighted by Gasteiger charge is 2.16. The molecule has 4 rings (SSSR count). The molecule has 2 heterocycles. The summed E-state index contributed by atoms with van der Waals surface area (Å²) >= 11 is 5.92. The van der Waals surface area contributed by atoms with Gasteiger partial charge in [-0.1, -0.05) is 17.7 Å². The molecule has 144 valence electrons. The fourth-order valence-corrected chi connectivity index (χ4v) is 3.19. The Balaban J connectivity index is 1.39. The molecule has 0 unspecified atom stereocenters. The zero-order valence-corrected chi connectivity index (χ0v) is 16.2.